The molecule has 0 spiro atoms. The Bertz CT molecular complexity index is 319. The minimum Gasteiger partial charge on any atom is -0.494 e. The van der Waals surface area contributed by atoms with E-state index in [1.807, 2.05) is 30.3 Å². The van der Waals surface area contributed by atoms with Crippen molar-refractivity contribution in [2.45, 2.75) is 34.1 Å². The fourth-order valence-corrected chi connectivity index (χ4v) is 1.75. The third kappa shape index (κ3) is 6.65. The van der Waals surface area contributed by atoms with Crippen LogP contribution in [0, 0.1) is 11.3 Å². The van der Waals surface area contributed by atoms with Gasteiger partial charge in [-0.1, -0.05) is 45.9 Å². The maximum Gasteiger partial charge on any atom is 0.119 e. The van der Waals surface area contributed by atoms with E-state index < -0.39 is 0 Å². The Hall–Kier alpha value is -1.02. The fourth-order valence-electron chi connectivity index (χ4n) is 1.75. The number of ether oxygens (including phenoxy) is 1. The number of benzene rings is 1. The lowest BCUT2D eigenvalue weighted by molar-refractivity contribution is 0.221. The highest BCUT2D eigenvalue weighted by Gasteiger charge is 2.17. The highest BCUT2D eigenvalue weighted by Crippen LogP contribution is 2.20. The zero-order valence-electron chi connectivity index (χ0n) is 12.2. The molecule has 1 aromatic rings. The average molecular weight is 249 g/mol. The van der Waals surface area contributed by atoms with Gasteiger partial charge in [0.25, 0.3) is 0 Å². The van der Waals surface area contributed by atoms with Gasteiger partial charge in [-0.15, -0.1) is 0 Å². The van der Waals surface area contributed by atoms with E-state index in [1.165, 1.54) is 0 Å². The fraction of sp³-hybridized carbons (Fsp3) is 0.625. The van der Waals surface area contributed by atoms with Crippen molar-refractivity contribution in [2.75, 3.05) is 19.7 Å². The van der Waals surface area contributed by atoms with Crippen LogP contribution in [0.5, 0.6) is 5.75 Å². The van der Waals surface area contributed by atoms with Gasteiger partial charge in [0.15, 0.2) is 0 Å². The summed E-state index contributed by atoms with van der Waals surface area (Å²) in [5.41, 5.74) is 0.281. The standard InChI is InChI=1S/C16H27NO/c1-14(2)12-17-13-16(3,4)10-11-18-15-8-6-5-7-9-15/h5-9,14,17H,10-13H2,1-4H3. The average Bonchev–Trinajstić information content (AvgIpc) is 2.29. The molecule has 1 rings (SSSR count). The quantitative estimate of drug-likeness (QED) is 0.758. The van der Waals surface area contributed by atoms with E-state index in [4.69, 9.17) is 4.74 Å². The first kappa shape index (κ1) is 15.0. The first-order chi connectivity index (χ1) is 8.49. The second-order valence-corrected chi connectivity index (χ2v) is 6.10. The van der Waals surface area contributed by atoms with Crippen LogP contribution in [0.15, 0.2) is 30.3 Å². The van der Waals surface area contributed by atoms with Gasteiger partial charge in [0, 0.05) is 6.54 Å². The van der Waals surface area contributed by atoms with Gasteiger partial charge in [0.05, 0.1) is 6.61 Å². The second kappa shape index (κ2) is 7.42. The molecule has 2 heteroatoms. The third-order valence-corrected chi connectivity index (χ3v) is 2.95. The van der Waals surface area contributed by atoms with Crippen LogP contribution in [-0.4, -0.2) is 19.7 Å². The molecule has 0 heterocycles. The minimum absolute atomic E-state index is 0.281. The monoisotopic (exact) mass is 249 g/mol. The van der Waals surface area contributed by atoms with Crippen LogP contribution in [-0.2, 0) is 0 Å². The molecule has 102 valence electrons. The Labute approximate surface area is 112 Å². The molecule has 0 aliphatic carbocycles. The van der Waals surface area contributed by atoms with E-state index in [0.717, 1.165) is 31.9 Å². The van der Waals surface area contributed by atoms with Crippen LogP contribution in [0.2, 0.25) is 0 Å². The molecule has 0 saturated carbocycles. The molecule has 18 heavy (non-hydrogen) atoms. The van der Waals surface area contributed by atoms with Gasteiger partial charge in [0.2, 0.25) is 0 Å². The molecule has 1 N–H and O–H groups in total. The predicted molar refractivity (Wildman–Crippen MR) is 78.0 cm³/mol. The number of para-hydroxylation sites is 1. The van der Waals surface area contributed by atoms with Crippen LogP contribution in [0.4, 0.5) is 0 Å². The number of nitrogens with one attached hydrogen (secondary N) is 1. The summed E-state index contributed by atoms with van der Waals surface area (Å²) in [6, 6.07) is 10.0. The summed E-state index contributed by atoms with van der Waals surface area (Å²) in [5.74, 6) is 1.67. The minimum atomic E-state index is 0.281. The summed E-state index contributed by atoms with van der Waals surface area (Å²) in [6.45, 7) is 12.0. The van der Waals surface area contributed by atoms with Crippen LogP contribution >= 0.6 is 0 Å². The number of hydrogen-bond donors (Lipinski definition) is 1. The van der Waals surface area contributed by atoms with E-state index in [9.17, 15) is 0 Å². The molecule has 0 atom stereocenters. The summed E-state index contributed by atoms with van der Waals surface area (Å²) in [7, 11) is 0. The largest absolute Gasteiger partial charge is 0.494 e. The highest BCUT2D eigenvalue weighted by atomic mass is 16.5. The predicted octanol–water partition coefficient (Wildman–Crippen LogP) is 3.73. The summed E-state index contributed by atoms with van der Waals surface area (Å²) in [4.78, 5) is 0. The SMILES string of the molecule is CC(C)CNCC(C)(C)CCOc1ccccc1. The summed E-state index contributed by atoms with van der Waals surface area (Å²) >= 11 is 0. The van der Waals surface area contributed by atoms with E-state index in [0.29, 0.717) is 5.92 Å². The number of rotatable bonds is 8. The van der Waals surface area contributed by atoms with Gasteiger partial charge in [-0.2, -0.15) is 0 Å². The molecule has 0 aromatic heterocycles. The smallest absolute Gasteiger partial charge is 0.119 e. The molecule has 1 aromatic carbocycles. The van der Waals surface area contributed by atoms with Crippen molar-refractivity contribution in [1.29, 1.82) is 0 Å². The van der Waals surface area contributed by atoms with Crippen LogP contribution in [0.25, 0.3) is 0 Å². The lowest BCUT2D eigenvalue weighted by atomic mass is 9.89. The van der Waals surface area contributed by atoms with E-state index in [-0.39, 0.29) is 5.41 Å². The number of hydrogen-bond acceptors (Lipinski definition) is 2. The second-order valence-electron chi connectivity index (χ2n) is 6.10. The zero-order valence-corrected chi connectivity index (χ0v) is 12.2. The molecule has 0 aliphatic rings. The third-order valence-electron chi connectivity index (χ3n) is 2.95. The van der Waals surface area contributed by atoms with Gasteiger partial charge >= 0.3 is 0 Å². The van der Waals surface area contributed by atoms with Crippen molar-refractivity contribution in [3.05, 3.63) is 30.3 Å². The molecule has 0 fully saturated rings. The van der Waals surface area contributed by atoms with Crippen molar-refractivity contribution < 1.29 is 4.74 Å². The molecule has 0 amide bonds. The molecule has 0 bridgehead atoms. The Kier molecular flexibility index (Phi) is 6.20. The topological polar surface area (TPSA) is 21.3 Å². The van der Waals surface area contributed by atoms with Crippen molar-refractivity contribution in [3.8, 4) is 5.75 Å². The summed E-state index contributed by atoms with van der Waals surface area (Å²) < 4.78 is 5.74. The molecule has 0 saturated heterocycles. The van der Waals surface area contributed by atoms with E-state index in [1.54, 1.807) is 0 Å². The first-order valence-electron chi connectivity index (χ1n) is 6.88. The molecule has 2 nitrogen and oxygen atoms in total. The van der Waals surface area contributed by atoms with Crippen molar-refractivity contribution in [2.24, 2.45) is 11.3 Å². The molecule has 0 unspecified atom stereocenters. The lowest BCUT2D eigenvalue weighted by Gasteiger charge is -2.25. The molecular formula is C16H27NO. The maximum atomic E-state index is 5.74. The maximum absolute atomic E-state index is 5.74. The lowest BCUT2D eigenvalue weighted by Crippen LogP contribution is -2.32. The van der Waals surface area contributed by atoms with Gasteiger partial charge in [-0.3, -0.25) is 0 Å². The van der Waals surface area contributed by atoms with E-state index >= 15 is 0 Å². The van der Waals surface area contributed by atoms with E-state index in [2.05, 4.69) is 33.0 Å². The Morgan fingerprint density at radius 1 is 1.17 bits per heavy atom. The molecular weight excluding hydrogens is 222 g/mol. The Morgan fingerprint density at radius 3 is 2.44 bits per heavy atom. The Balaban J connectivity index is 2.20. The van der Waals surface area contributed by atoms with Crippen molar-refractivity contribution in [1.82, 2.24) is 5.32 Å². The van der Waals surface area contributed by atoms with Gasteiger partial charge < -0.3 is 10.1 Å². The highest BCUT2D eigenvalue weighted by molar-refractivity contribution is 5.20. The van der Waals surface area contributed by atoms with Gasteiger partial charge in [-0.05, 0) is 36.4 Å². The Morgan fingerprint density at radius 2 is 1.83 bits per heavy atom. The van der Waals surface area contributed by atoms with Crippen LogP contribution < -0.4 is 10.1 Å². The van der Waals surface area contributed by atoms with Gasteiger partial charge in [-0.25, -0.2) is 0 Å². The van der Waals surface area contributed by atoms with Crippen LogP contribution in [0.1, 0.15) is 34.1 Å². The van der Waals surface area contributed by atoms with Gasteiger partial charge in [0.1, 0.15) is 5.75 Å². The summed E-state index contributed by atoms with van der Waals surface area (Å²) in [5, 5.41) is 3.52. The molecule has 0 radical (unpaired) electrons. The first-order valence-corrected chi connectivity index (χ1v) is 6.88. The molecule has 0 aliphatic heterocycles. The van der Waals surface area contributed by atoms with Crippen LogP contribution in [0.3, 0.4) is 0 Å². The zero-order chi connectivity index (χ0) is 13.4. The summed E-state index contributed by atoms with van der Waals surface area (Å²) in [6.07, 6.45) is 1.06. The van der Waals surface area contributed by atoms with Crippen molar-refractivity contribution in [3.63, 3.8) is 0 Å². The van der Waals surface area contributed by atoms with Crippen molar-refractivity contribution >= 4 is 0 Å². The normalized spacial score (nSPS) is 11.8.